The maximum absolute atomic E-state index is 5.87. The van der Waals surface area contributed by atoms with E-state index in [9.17, 15) is 0 Å². The molecule has 3 heteroatoms. The summed E-state index contributed by atoms with van der Waals surface area (Å²) >= 11 is 7.48. The van der Waals surface area contributed by atoms with E-state index in [1.165, 1.54) is 4.88 Å². The Morgan fingerprint density at radius 1 is 1.69 bits per heavy atom. The van der Waals surface area contributed by atoms with Crippen LogP contribution in [0.3, 0.4) is 0 Å². The first-order valence-corrected chi connectivity index (χ1v) is 5.48. The number of rotatable bonds is 4. The fraction of sp³-hybridized carbons (Fsp3) is 0.400. The topological polar surface area (TPSA) is 12.0 Å². The first kappa shape index (κ1) is 10.8. The predicted molar refractivity (Wildman–Crippen MR) is 60.6 cm³/mol. The van der Waals surface area contributed by atoms with Crippen LogP contribution < -0.4 is 5.32 Å². The molecule has 0 aliphatic heterocycles. The van der Waals surface area contributed by atoms with Crippen molar-refractivity contribution in [2.75, 3.05) is 6.54 Å². The molecule has 0 aromatic carbocycles. The van der Waals surface area contributed by atoms with Crippen molar-refractivity contribution in [1.82, 2.24) is 5.32 Å². The average Bonchev–Trinajstić information content (AvgIpc) is 2.46. The van der Waals surface area contributed by atoms with E-state index in [1.54, 1.807) is 11.3 Å². The van der Waals surface area contributed by atoms with Crippen LogP contribution in [0.2, 0.25) is 4.34 Å². The highest BCUT2D eigenvalue weighted by molar-refractivity contribution is 7.16. The van der Waals surface area contributed by atoms with E-state index in [0.29, 0.717) is 0 Å². The lowest BCUT2D eigenvalue weighted by Crippen LogP contribution is -2.20. The van der Waals surface area contributed by atoms with Gasteiger partial charge in [-0.15, -0.1) is 11.3 Å². The van der Waals surface area contributed by atoms with Crippen molar-refractivity contribution in [1.29, 1.82) is 0 Å². The zero-order chi connectivity index (χ0) is 9.84. The van der Waals surface area contributed by atoms with Crippen LogP contribution in [-0.2, 0) is 0 Å². The van der Waals surface area contributed by atoms with Crippen LogP contribution in [0.5, 0.6) is 0 Å². The zero-order valence-corrected chi connectivity index (χ0v) is 9.50. The molecule has 0 fully saturated rings. The Kier molecular flexibility index (Phi) is 3.97. The van der Waals surface area contributed by atoms with E-state index in [0.717, 1.165) is 16.5 Å². The SMILES string of the molecule is C=C(C)C(NCC)c1ccc(Cl)s1. The standard InChI is InChI=1S/C10H14ClNS/c1-4-12-10(7(2)3)8-5-6-9(11)13-8/h5-6,10,12H,2,4H2,1,3H3. The van der Waals surface area contributed by atoms with Crippen LogP contribution in [0.25, 0.3) is 0 Å². The molecular formula is C10H14ClNS. The number of nitrogens with one attached hydrogen (secondary N) is 1. The first-order chi connectivity index (χ1) is 6.15. The molecule has 0 spiro atoms. The molecule has 1 heterocycles. The lowest BCUT2D eigenvalue weighted by Gasteiger charge is -2.15. The van der Waals surface area contributed by atoms with Crippen molar-refractivity contribution < 1.29 is 0 Å². The van der Waals surface area contributed by atoms with Gasteiger partial charge in [-0.2, -0.15) is 0 Å². The van der Waals surface area contributed by atoms with Gasteiger partial charge in [0.2, 0.25) is 0 Å². The summed E-state index contributed by atoms with van der Waals surface area (Å²) in [5.74, 6) is 0. The third-order valence-corrected chi connectivity index (χ3v) is 3.08. The Hall–Kier alpha value is -0.310. The van der Waals surface area contributed by atoms with Crippen LogP contribution in [0.4, 0.5) is 0 Å². The van der Waals surface area contributed by atoms with Gasteiger partial charge in [-0.3, -0.25) is 0 Å². The van der Waals surface area contributed by atoms with Crippen molar-refractivity contribution >= 4 is 22.9 Å². The number of hydrogen-bond donors (Lipinski definition) is 1. The largest absolute Gasteiger partial charge is 0.306 e. The van der Waals surface area contributed by atoms with Gasteiger partial charge in [0.1, 0.15) is 0 Å². The van der Waals surface area contributed by atoms with Crippen molar-refractivity contribution in [2.45, 2.75) is 19.9 Å². The molecule has 0 aliphatic carbocycles. The van der Waals surface area contributed by atoms with E-state index in [2.05, 4.69) is 24.9 Å². The second-order valence-electron chi connectivity index (χ2n) is 2.98. The van der Waals surface area contributed by atoms with Gasteiger partial charge in [-0.25, -0.2) is 0 Å². The molecule has 0 saturated carbocycles. The van der Waals surface area contributed by atoms with Gasteiger partial charge < -0.3 is 5.32 Å². The minimum absolute atomic E-state index is 0.252. The summed E-state index contributed by atoms with van der Waals surface area (Å²) in [7, 11) is 0. The number of hydrogen-bond acceptors (Lipinski definition) is 2. The van der Waals surface area contributed by atoms with Gasteiger partial charge in [0.15, 0.2) is 0 Å². The van der Waals surface area contributed by atoms with Crippen LogP contribution in [-0.4, -0.2) is 6.54 Å². The van der Waals surface area contributed by atoms with Gasteiger partial charge in [-0.05, 0) is 25.6 Å². The molecule has 72 valence electrons. The molecule has 0 radical (unpaired) electrons. The van der Waals surface area contributed by atoms with Gasteiger partial charge in [0.05, 0.1) is 10.4 Å². The molecule has 1 N–H and O–H groups in total. The third-order valence-electron chi connectivity index (χ3n) is 1.78. The van der Waals surface area contributed by atoms with E-state index in [4.69, 9.17) is 11.6 Å². The van der Waals surface area contributed by atoms with Crippen molar-refractivity contribution in [3.05, 3.63) is 33.5 Å². The Balaban J connectivity index is 2.81. The van der Waals surface area contributed by atoms with Crippen molar-refractivity contribution in [3.63, 3.8) is 0 Å². The van der Waals surface area contributed by atoms with Gasteiger partial charge in [0.25, 0.3) is 0 Å². The Morgan fingerprint density at radius 2 is 2.38 bits per heavy atom. The number of likely N-dealkylation sites (N-methyl/N-ethyl adjacent to an activating group) is 1. The fourth-order valence-corrected chi connectivity index (χ4v) is 2.44. The van der Waals surface area contributed by atoms with Crippen molar-refractivity contribution in [2.24, 2.45) is 0 Å². The zero-order valence-electron chi connectivity index (χ0n) is 7.93. The van der Waals surface area contributed by atoms with Crippen LogP contribution in [0.15, 0.2) is 24.3 Å². The summed E-state index contributed by atoms with van der Waals surface area (Å²) in [4.78, 5) is 1.24. The molecule has 13 heavy (non-hydrogen) atoms. The maximum Gasteiger partial charge on any atom is 0.0931 e. The van der Waals surface area contributed by atoms with Crippen LogP contribution in [0.1, 0.15) is 24.8 Å². The van der Waals surface area contributed by atoms with Gasteiger partial charge in [0, 0.05) is 4.88 Å². The molecule has 1 unspecified atom stereocenters. The van der Waals surface area contributed by atoms with Crippen LogP contribution in [0, 0.1) is 0 Å². The Morgan fingerprint density at radius 3 is 2.77 bits per heavy atom. The van der Waals surface area contributed by atoms with Crippen molar-refractivity contribution in [3.8, 4) is 0 Å². The molecule has 1 atom stereocenters. The fourth-order valence-electron chi connectivity index (χ4n) is 1.21. The summed E-state index contributed by atoms with van der Waals surface area (Å²) in [6, 6.07) is 4.23. The predicted octanol–water partition coefficient (Wildman–Crippen LogP) is 3.63. The molecule has 1 rings (SSSR count). The summed E-state index contributed by atoms with van der Waals surface area (Å²) in [6.45, 7) is 9.02. The second kappa shape index (κ2) is 4.80. The molecule has 0 saturated heterocycles. The molecule has 1 aromatic rings. The molecule has 1 nitrogen and oxygen atoms in total. The quantitative estimate of drug-likeness (QED) is 0.757. The summed E-state index contributed by atoms with van der Waals surface area (Å²) < 4.78 is 0.833. The molecule has 0 bridgehead atoms. The minimum atomic E-state index is 0.252. The van der Waals surface area contributed by atoms with Gasteiger partial charge in [-0.1, -0.05) is 30.7 Å². The third kappa shape index (κ3) is 2.83. The maximum atomic E-state index is 5.87. The lowest BCUT2D eigenvalue weighted by molar-refractivity contribution is 0.630. The van der Waals surface area contributed by atoms with Gasteiger partial charge >= 0.3 is 0 Å². The highest BCUT2D eigenvalue weighted by atomic mass is 35.5. The molecule has 0 amide bonds. The van der Waals surface area contributed by atoms with E-state index in [-0.39, 0.29) is 6.04 Å². The first-order valence-electron chi connectivity index (χ1n) is 4.29. The smallest absolute Gasteiger partial charge is 0.0931 e. The second-order valence-corrected chi connectivity index (χ2v) is 4.73. The average molecular weight is 216 g/mol. The Labute approximate surface area is 88.4 Å². The van der Waals surface area contributed by atoms with E-state index in [1.807, 2.05) is 13.0 Å². The molecular weight excluding hydrogens is 202 g/mol. The lowest BCUT2D eigenvalue weighted by atomic mass is 10.1. The summed E-state index contributed by atoms with van der Waals surface area (Å²) in [5.41, 5.74) is 1.13. The van der Waals surface area contributed by atoms with Crippen LogP contribution >= 0.6 is 22.9 Å². The Bertz CT molecular complexity index is 293. The highest BCUT2D eigenvalue weighted by Crippen LogP contribution is 2.29. The number of halogens is 1. The monoisotopic (exact) mass is 215 g/mol. The normalized spacial score (nSPS) is 12.8. The van der Waals surface area contributed by atoms with E-state index >= 15 is 0 Å². The highest BCUT2D eigenvalue weighted by Gasteiger charge is 2.12. The summed E-state index contributed by atoms with van der Waals surface area (Å²) in [6.07, 6.45) is 0. The molecule has 0 aliphatic rings. The summed E-state index contributed by atoms with van der Waals surface area (Å²) in [5, 5.41) is 3.36. The minimum Gasteiger partial charge on any atom is -0.306 e. The van der Waals surface area contributed by atoms with E-state index < -0.39 is 0 Å². The molecule has 1 aromatic heterocycles. The number of thiophene rings is 1.